The largest absolute Gasteiger partial charge is 0.504 e. The van der Waals surface area contributed by atoms with Crippen LogP contribution in [0.5, 0.6) is 11.5 Å². The van der Waals surface area contributed by atoms with E-state index in [-0.39, 0.29) is 30.0 Å². The van der Waals surface area contributed by atoms with Gasteiger partial charge >= 0.3 is 19.0 Å². The number of hydrogen-bond acceptors (Lipinski definition) is 15. The molecule has 0 heterocycles. The molecule has 0 aliphatic heterocycles. The van der Waals surface area contributed by atoms with Gasteiger partial charge in [0.05, 0.1) is 79.1 Å². The molecule has 0 saturated carbocycles. The highest BCUT2D eigenvalue weighted by Crippen LogP contribution is 2.26. The minimum Gasteiger partial charge on any atom is -0.504 e. The maximum Gasteiger partial charge on any atom is 0.373 e. The highest BCUT2D eigenvalue weighted by Gasteiger charge is 2.23. The number of phenols is 1. The van der Waals surface area contributed by atoms with Gasteiger partial charge < -0.3 is 63.6 Å². The summed E-state index contributed by atoms with van der Waals surface area (Å²) < 4.78 is 35.1. The van der Waals surface area contributed by atoms with Crippen LogP contribution in [0.15, 0.2) is 41.9 Å². The smallest absolute Gasteiger partial charge is 0.373 e. The lowest BCUT2D eigenvalue weighted by molar-refractivity contribution is -0.143. The molecule has 0 bridgehead atoms. The monoisotopic (exact) mass is 639 g/mol. The molecule has 1 aliphatic rings. The number of benzene rings is 1. The van der Waals surface area contributed by atoms with E-state index in [4.69, 9.17) is 38.6 Å². The predicted molar refractivity (Wildman–Crippen MR) is 166 cm³/mol. The molecule has 1 aliphatic carbocycles. The van der Waals surface area contributed by atoms with Gasteiger partial charge in [0.2, 0.25) is 0 Å². The lowest BCUT2D eigenvalue weighted by Crippen LogP contribution is -2.33. The van der Waals surface area contributed by atoms with E-state index in [1.165, 1.54) is 54.1 Å². The fourth-order valence-electron chi connectivity index (χ4n) is 3.29. The number of hydrogen-bond donors (Lipinski definition) is 5. The summed E-state index contributed by atoms with van der Waals surface area (Å²) >= 11 is 0. The van der Waals surface area contributed by atoms with E-state index < -0.39 is 13.0 Å². The standard InChI is InChI=1S/C14H24BNO6.C9H10O4.C5H11BNO3/c1-15(18)16-6-7-21-8-9-22-12-5-4-11(14(17)20-3)10-13(12)19-2;1-12-8-5-6(9(11)13-2)3-4-7(8)10;8-2-4-10-3-1-7-6-5-9/h5,10-11,16,18H,4,6-9H2,1-3H3;3-5,10H,1-2H3;5,7-8H,1-4H2. The molecule has 5 N–H and O–H groups in total. The number of aliphatic hydroxyl groups is 1. The Balaban J connectivity index is 0.000000713. The summed E-state index contributed by atoms with van der Waals surface area (Å²) in [5.41, 5.74) is 0.345. The molecule has 0 aromatic heterocycles. The van der Waals surface area contributed by atoms with Gasteiger partial charge in [-0.3, -0.25) is 4.79 Å². The van der Waals surface area contributed by atoms with E-state index >= 15 is 0 Å². The molecule has 1 aromatic carbocycles. The van der Waals surface area contributed by atoms with Crippen molar-refractivity contribution in [2.45, 2.75) is 13.2 Å². The van der Waals surface area contributed by atoms with Gasteiger partial charge in [0.25, 0.3) is 7.41 Å². The molecule has 1 aromatic rings. The van der Waals surface area contributed by atoms with Gasteiger partial charge in [0.1, 0.15) is 6.61 Å². The highest BCUT2D eigenvalue weighted by atomic mass is 16.5. The van der Waals surface area contributed by atoms with E-state index in [1.54, 1.807) is 12.9 Å². The number of rotatable bonds is 19. The van der Waals surface area contributed by atoms with Crippen LogP contribution in [0.4, 0.5) is 0 Å². The normalized spacial score (nSPS) is 13.3. The lowest BCUT2D eigenvalue weighted by Gasteiger charge is -2.20. The second-order valence-corrected chi connectivity index (χ2v) is 8.73. The second-order valence-electron chi connectivity index (χ2n) is 8.73. The number of ether oxygens (including phenoxy) is 7. The van der Waals surface area contributed by atoms with Gasteiger partial charge in [0.15, 0.2) is 23.0 Å². The summed E-state index contributed by atoms with van der Waals surface area (Å²) in [7, 11) is 6.37. The Morgan fingerprint density at radius 3 is 2.31 bits per heavy atom. The molecule has 1 unspecified atom stereocenters. The van der Waals surface area contributed by atoms with Crippen molar-refractivity contribution in [1.82, 2.24) is 10.5 Å². The third kappa shape index (κ3) is 19.4. The van der Waals surface area contributed by atoms with Crippen LogP contribution in [0, 0.1) is 5.92 Å². The van der Waals surface area contributed by atoms with E-state index in [2.05, 4.69) is 15.2 Å². The number of carbonyl (C=O) groups excluding carboxylic acids is 3. The SMILES string of the molecule is COC(=O)C1C=C(OC)C(OCCOCCNB(C)O)=CC1.COC(=O)c1ccc(O)c(OC)c1.O=C[B]NCCOCCO. The summed E-state index contributed by atoms with van der Waals surface area (Å²) in [5, 5.41) is 32.0. The zero-order valence-corrected chi connectivity index (χ0v) is 26.5. The number of aliphatic hydroxyl groups excluding tert-OH is 1. The van der Waals surface area contributed by atoms with Crippen molar-refractivity contribution in [3.8, 4) is 11.5 Å². The third-order valence-electron chi connectivity index (χ3n) is 5.46. The molecular weight excluding hydrogens is 594 g/mol. The van der Waals surface area contributed by atoms with E-state index in [9.17, 15) is 19.5 Å². The van der Waals surface area contributed by atoms with Crippen molar-refractivity contribution in [2.24, 2.45) is 5.92 Å². The van der Waals surface area contributed by atoms with Crippen molar-refractivity contribution in [2.75, 3.05) is 81.2 Å². The summed E-state index contributed by atoms with van der Waals surface area (Å²) in [6.45, 7) is 5.01. The average molecular weight is 639 g/mol. The van der Waals surface area contributed by atoms with Gasteiger partial charge in [-0.15, -0.1) is 0 Å². The number of esters is 2. The average Bonchev–Trinajstić information content (AvgIpc) is 3.05. The van der Waals surface area contributed by atoms with Gasteiger partial charge in [-0.2, -0.15) is 0 Å². The molecule has 0 saturated heterocycles. The van der Waals surface area contributed by atoms with Crippen LogP contribution in [-0.4, -0.2) is 129 Å². The second kappa shape index (κ2) is 26.8. The first-order chi connectivity index (χ1) is 21.7. The molecule has 45 heavy (non-hydrogen) atoms. The molecular formula is C28H45B2N2O13. The molecule has 251 valence electrons. The predicted octanol–water partition coefficient (Wildman–Crippen LogP) is -0.0917. The molecule has 2 rings (SSSR count). The van der Waals surface area contributed by atoms with E-state index in [0.29, 0.717) is 75.8 Å². The molecule has 1 atom stereocenters. The van der Waals surface area contributed by atoms with Crippen molar-refractivity contribution in [1.29, 1.82) is 0 Å². The molecule has 15 nitrogen and oxygen atoms in total. The van der Waals surface area contributed by atoms with Crippen molar-refractivity contribution in [3.63, 3.8) is 0 Å². The molecule has 0 fully saturated rings. The zero-order valence-electron chi connectivity index (χ0n) is 26.5. The Morgan fingerprint density at radius 1 is 1.00 bits per heavy atom. The van der Waals surface area contributed by atoms with Crippen LogP contribution in [0.25, 0.3) is 0 Å². The topological polar surface area (TPSA) is 201 Å². The first-order valence-corrected chi connectivity index (χ1v) is 14.0. The zero-order chi connectivity index (χ0) is 33.9. The summed E-state index contributed by atoms with van der Waals surface area (Å²) in [6.07, 6.45) is 4.71. The summed E-state index contributed by atoms with van der Waals surface area (Å²) in [5.74, 6) is 0.288. The third-order valence-corrected chi connectivity index (χ3v) is 5.46. The van der Waals surface area contributed by atoms with Crippen LogP contribution in [-0.2, 0) is 38.0 Å². The minimum atomic E-state index is -0.538. The van der Waals surface area contributed by atoms with Crippen molar-refractivity contribution < 1.29 is 62.8 Å². The quantitative estimate of drug-likeness (QED) is 0.0582. The highest BCUT2D eigenvalue weighted by molar-refractivity contribution is 6.64. The molecule has 0 amide bonds. The van der Waals surface area contributed by atoms with Crippen LogP contribution in [0.3, 0.4) is 0 Å². The number of methoxy groups -OCH3 is 4. The summed E-state index contributed by atoms with van der Waals surface area (Å²) in [4.78, 5) is 32.2. The summed E-state index contributed by atoms with van der Waals surface area (Å²) in [6, 6.07) is 4.26. The first kappa shape index (κ1) is 41.4. The molecule has 17 heteroatoms. The Bertz CT molecular complexity index is 1040. The number of allylic oxidation sites excluding steroid dienone is 1. The van der Waals surface area contributed by atoms with Crippen molar-refractivity contribution >= 4 is 32.6 Å². The Hall–Kier alpha value is -3.60. The number of aromatic hydroxyl groups is 1. The first-order valence-electron chi connectivity index (χ1n) is 14.0. The maximum atomic E-state index is 11.5. The van der Waals surface area contributed by atoms with Crippen LogP contribution >= 0.6 is 0 Å². The molecule has 0 spiro atoms. The van der Waals surface area contributed by atoms with Crippen LogP contribution < -0.4 is 15.2 Å². The van der Waals surface area contributed by atoms with Gasteiger partial charge in [0, 0.05) is 13.1 Å². The van der Waals surface area contributed by atoms with Crippen molar-refractivity contribution in [3.05, 3.63) is 47.4 Å². The number of nitrogens with one attached hydrogen (secondary N) is 2. The lowest BCUT2D eigenvalue weighted by atomic mass is 9.89. The Morgan fingerprint density at radius 2 is 1.71 bits per heavy atom. The minimum absolute atomic E-state index is 0.00449. The van der Waals surface area contributed by atoms with Crippen LogP contribution in [0.1, 0.15) is 16.8 Å². The van der Waals surface area contributed by atoms with Gasteiger partial charge in [-0.1, -0.05) is 0 Å². The van der Waals surface area contributed by atoms with E-state index in [1.807, 2.05) is 6.08 Å². The van der Waals surface area contributed by atoms with E-state index in [0.717, 1.165) is 0 Å². The van der Waals surface area contributed by atoms with Gasteiger partial charge in [-0.25, -0.2) is 4.79 Å². The van der Waals surface area contributed by atoms with Gasteiger partial charge in [-0.05, 0) is 43.6 Å². The Labute approximate surface area is 265 Å². The fourth-order valence-corrected chi connectivity index (χ4v) is 3.29. The molecule has 1 radical (unpaired) electrons. The Kier molecular flexibility index (Phi) is 24.6. The fraction of sp³-hybridized carbons (Fsp3) is 0.536. The maximum absolute atomic E-state index is 11.5. The number of carbonyl (C=O) groups is 3. The number of phenolic OH excluding ortho intramolecular Hbond substituents is 1. The van der Waals surface area contributed by atoms with Crippen LogP contribution in [0.2, 0.25) is 6.82 Å².